The van der Waals surface area contributed by atoms with Crippen LogP contribution in [0.15, 0.2) is 5.11 Å². The molecule has 76 valence electrons. The van der Waals surface area contributed by atoms with Crippen molar-refractivity contribution in [2.24, 2.45) is 5.11 Å². The molecule has 3 atom stereocenters. The lowest BCUT2D eigenvalue weighted by Crippen LogP contribution is -2.36. The molecule has 1 rings (SSSR count). The van der Waals surface area contributed by atoms with Crippen molar-refractivity contribution in [1.82, 2.24) is 0 Å². The fourth-order valence-corrected chi connectivity index (χ4v) is 1.42. The number of ether oxygens (including phenoxy) is 2. The van der Waals surface area contributed by atoms with Gasteiger partial charge >= 0.3 is 0 Å². The molecule has 5 nitrogen and oxygen atoms in total. The Kier molecular flexibility index (Phi) is 4.27. The summed E-state index contributed by atoms with van der Waals surface area (Å²) < 4.78 is 10.7. The van der Waals surface area contributed by atoms with Crippen molar-refractivity contribution in [3.8, 4) is 12.3 Å². The van der Waals surface area contributed by atoms with E-state index in [-0.39, 0.29) is 25.0 Å². The second-order valence-corrected chi connectivity index (χ2v) is 3.14. The first-order valence-corrected chi connectivity index (χ1v) is 4.52. The van der Waals surface area contributed by atoms with Gasteiger partial charge in [0.15, 0.2) is 6.29 Å². The molecule has 0 aromatic heterocycles. The fourth-order valence-electron chi connectivity index (χ4n) is 1.42. The molecule has 0 N–H and O–H groups in total. The normalized spacial score (nSPS) is 31.6. The standard InChI is InChI=1S/C9H13N3O2/c1-3-6-13-9-5-4-8(11-12-10)7(2)14-9/h1,7-9H,4-6H2,2H3/t7-,8-,9-/m0/s1. The van der Waals surface area contributed by atoms with Crippen molar-refractivity contribution in [2.75, 3.05) is 6.61 Å². The van der Waals surface area contributed by atoms with Gasteiger partial charge < -0.3 is 9.47 Å². The smallest absolute Gasteiger partial charge is 0.159 e. The Morgan fingerprint density at radius 1 is 1.71 bits per heavy atom. The van der Waals surface area contributed by atoms with Crippen LogP contribution in [0.5, 0.6) is 0 Å². The topological polar surface area (TPSA) is 67.2 Å². The van der Waals surface area contributed by atoms with Crippen molar-refractivity contribution in [2.45, 2.75) is 38.2 Å². The van der Waals surface area contributed by atoms with Gasteiger partial charge in [0.25, 0.3) is 0 Å². The molecule has 1 fully saturated rings. The van der Waals surface area contributed by atoms with Crippen LogP contribution in [0, 0.1) is 12.3 Å². The first-order chi connectivity index (χ1) is 6.77. The summed E-state index contributed by atoms with van der Waals surface area (Å²) in [6, 6.07) is -0.0920. The third-order valence-electron chi connectivity index (χ3n) is 2.16. The summed E-state index contributed by atoms with van der Waals surface area (Å²) in [5.41, 5.74) is 8.29. The van der Waals surface area contributed by atoms with Crippen molar-refractivity contribution < 1.29 is 9.47 Å². The highest BCUT2D eigenvalue weighted by Crippen LogP contribution is 2.22. The summed E-state index contributed by atoms with van der Waals surface area (Å²) >= 11 is 0. The maximum absolute atomic E-state index is 8.29. The van der Waals surface area contributed by atoms with Gasteiger partial charge in [-0.3, -0.25) is 0 Å². The molecule has 0 saturated carbocycles. The highest BCUT2D eigenvalue weighted by atomic mass is 16.7. The van der Waals surface area contributed by atoms with E-state index in [1.165, 1.54) is 0 Å². The Morgan fingerprint density at radius 3 is 3.07 bits per heavy atom. The molecule has 0 aliphatic carbocycles. The number of azide groups is 1. The number of terminal acetylenes is 1. The van der Waals surface area contributed by atoms with Crippen LogP contribution in [0.3, 0.4) is 0 Å². The summed E-state index contributed by atoms with van der Waals surface area (Å²) in [6.07, 6.45) is 6.19. The maximum Gasteiger partial charge on any atom is 0.159 e. The van der Waals surface area contributed by atoms with Crippen LogP contribution in [-0.4, -0.2) is 25.0 Å². The molecule has 1 aliphatic rings. The molecule has 1 saturated heterocycles. The highest BCUT2D eigenvalue weighted by molar-refractivity contribution is 4.84. The Balaban J connectivity index is 2.39. The molecule has 0 spiro atoms. The van der Waals surface area contributed by atoms with Crippen molar-refractivity contribution >= 4 is 0 Å². The largest absolute Gasteiger partial charge is 0.349 e. The SMILES string of the molecule is C#CCO[C@@H]1CC[C@H](N=[N+]=[N-])[C@H](C)O1. The lowest BCUT2D eigenvalue weighted by molar-refractivity contribution is -0.187. The monoisotopic (exact) mass is 195 g/mol. The molecule has 0 aromatic carbocycles. The van der Waals surface area contributed by atoms with Crippen molar-refractivity contribution in [1.29, 1.82) is 0 Å². The molecular weight excluding hydrogens is 182 g/mol. The third kappa shape index (κ3) is 2.93. The first kappa shape index (κ1) is 10.9. The van der Waals surface area contributed by atoms with Gasteiger partial charge in [-0.05, 0) is 25.3 Å². The summed E-state index contributed by atoms with van der Waals surface area (Å²) in [5.74, 6) is 2.38. The number of rotatable bonds is 3. The van der Waals surface area contributed by atoms with E-state index in [1.807, 2.05) is 6.92 Å². The molecule has 0 unspecified atom stereocenters. The van der Waals surface area contributed by atoms with Crippen LogP contribution in [0.1, 0.15) is 19.8 Å². The molecule has 1 aliphatic heterocycles. The second kappa shape index (κ2) is 5.51. The molecule has 14 heavy (non-hydrogen) atoms. The van der Waals surface area contributed by atoms with Crippen molar-refractivity contribution in [3.05, 3.63) is 10.4 Å². The average Bonchev–Trinajstić information content (AvgIpc) is 2.19. The number of nitrogens with zero attached hydrogens (tertiary/aromatic N) is 3. The molecule has 5 heteroatoms. The molecule has 0 bridgehead atoms. The molecule has 1 heterocycles. The van der Waals surface area contributed by atoms with Crippen LogP contribution in [0.25, 0.3) is 10.4 Å². The predicted molar refractivity (Wildman–Crippen MR) is 51.3 cm³/mol. The summed E-state index contributed by atoms with van der Waals surface area (Å²) in [4.78, 5) is 2.77. The zero-order valence-corrected chi connectivity index (χ0v) is 8.09. The lowest BCUT2D eigenvalue weighted by Gasteiger charge is -2.31. The minimum atomic E-state index is -0.258. The highest BCUT2D eigenvalue weighted by Gasteiger charge is 2.27. The van der Waals surface area contributed by atoms with E-state index in [0.29, 0.717) is 0 Å². The van der Waals surface area contributed by atoms with Crippen LogP contribution >= 0.6 is 0 Å². The van der Waals surface area contributed by atoms with Crippen LogP contribution in [0.2, 0.25) is 0 Å². The first-order valence-electron chi connectivity index (χ1n) is 4.52. The van der Waals surface area contributed by atoms with Gasteiger partial charge in [0.1, 0.15) is 6.61 Å². The Morgan fingerprint density at radius 2 is 2.50 bits per heavy atom. The van der Waals surface area contributed by atoms with Crippen LogP contribution in [0.4, 0.5) is 0 Å². The molecule has 0 amide bonds. The summed E-state index contributed by atoms with van der Waals surface area (Å²) in [7, 11) is 0. The Hall–Kier alpha value is -1.21. The Bertz CT molecular complexity index is 268. The van der Waals surface area contributed by atoms with E-state index in [1.54, 1.807) is 0 Å². The van der Waals surface area contributed by atoms with Crippen molar-refractivity contribution in [3.63, 3.8) is 0 Å². The minimum Gasteiger partial charge on any atom is -0.349 e. The summed E-state index contributed by atoms with van der Waals surface area (Å²) in [6.45, 7) is 2.12. The van der Waals surface area contributed by atoms with E-state index < -0.39 is 0 Å². The maximum atomic E-state index is 8.29. The number of hydrogen-bond donors (Lipinski definition) is 0. The van der Waals surface area contributed by atoms with E-state index in [2.05, 4.69) is 15.9 Å². The lowest BCUT2D eigenvalue weighted by atomic mass is 10.0. The van der Waals surface area contributed by atoms with Gasteiger partial charge in [-0.25, -0.2) is 0 Å². The van der Waals surface area contributed by atoms with E-state index in [0.717, 1.165) is 12.8 Å². The fraction of sp³-hybridized carbons (Fsp3) is 0.778. The quantitative estimate of drug-likeness (QED) is 0.298. The molecule has 0 radical (unpaired) electrons. The molecular formula is C9H13N3O2. The number of hydrogen-bond acceptors (Lipinski definition) is 3. The third-order valence-corrected chi connectivity index (χ3v) is 2.16. The van der Waals surface area contributed by atoms with Gasteiger partial charge in [0.2, 0.25) is 0 Å². The van der Waals surface area contributed by atoms with Gasteiger partial charge in [-0.1, -0.05) is 11.0 Å². The zero-order valence-electron chi connectivity index (χ0n) is 8.09. The van der Waals surface area contributed by atoms with Gasteiger partial charge in [0.05, 0.1) is 12.1 Å². The van der Waals surface area contributed by atoms with Gasteiger partial charge in [-0.2, -0.15) is 0 Å². The van der Waals surface area contributed by atoms with Crippen LogP contribution in [-0.2, 0) is 9.47 Å². The summed E-state index contributed by atoms with van der Waals surface area (Å²) in [5, 5.41) is 3.64. The van der Waals surface area contributed by atoms with Crippen LogP contribution < -0.4 is 0 Å². The Labute approximate surface area is 83.0 Å². The average molecular weight is 195 g/mol. The molecule has 0 aromatic rings. The predicted octanol–water partition coefficient (Wildman–Crippen LogP) is 1.84. The zero-order chi connectivity index (χ0) is 10.4. The van der Waals surface area contributed by atoms with Gasteiger partial charge in [-0.15, -0.1) is 6.42 Å². The second-order valence-electron chi connectivity index (χ2n) is 3.14. The van der Waals surface area contributed by atoms with E-state index in [4.69, 9.17) is 21.4 Å². The van der Waals surface area contributed by atoms with E-state index in [9.17, 15) is 0 Å². The van der Waals surface area contributed by atoms with E-state index >= 15 is 0 Å². The minimum absolute atomic E-state index is 0.0920. The van der Waals surface area contributed by atoms with Gasteiger partial charge in [0, 0.05) is 4.91 Å².